The third-order valence-corrected chi connectivity index (χ3v) is 3.04. The molecule has 0 atom stereocenters. The van der Waals surface area contributed by atoms with E-state index in [4.69, 9.17) is 0 Å². The summed E-state index contributed by atoms with van der Waals surface area (Å²) in [7, 11) is 0. The van der Waals surface area contributed by atoms with Crippen LogP contribution in [-0.4, -0.2) is 0 Å². The molecule has 1 heteroatoms. The van der Waals surface area contributed by atoms with Gasteiger partial charge in [-0.25, -0.2) is 0 Å². The van der Waals surface area contributed by atoms with Crippen LogP contribution >= 0.6 is 11.8 Å². The van der Waals surface area contributed by atoms with Gasteiger partial charge in [-0.1, -0.05) is 31.6 Å². The fraction of sp³-hybridized carbons (Fsp3) is 0.300. The van der Waals surface area contributed by atoms with E-state index in [9.17, 15) is 0 Å². The van der Waals surface area contributed by atoms with Crippen LogP contribution in [0.1, 0.15) is 19.8 Å². The normalized spacial score (nSPS) is 21.9. The first-order chi connectivity index (χ1) is 5.40. The molecule has 0 aromatic carbocycles. The van der Waals surface area contributed by atoms with Gasteiger partial charge in [-0.15, -0.1) is 11.8 Å². The first-order valence-electron chi connectivity index (χ1n) is 4.04. The number of thioether (sulfide) groups is 1. The summed E-state index contributed by atoms with van der Waals surface area (Å²) in [5, 5.41) is 1.53. The monoisotopic (exact) mass is 163 g/mol. The average molecular weight is 163 g/mol. The van der Waals surface area contributed by atoms with Crippen molar-refractivity contribution in [1.82, 2.24) is 0 Å². The SMILES string of the molecule is CCC[C]1C=C2C=CC=C2S1. The molecule has 0 nitrogen and oxygen atoms in total. The van der Waals surface area contributed by atoms with Crippen molar-refractivity contribution in [3.8, 4) is 0 Å². The van der Waals surface area contributed by atoms with E-state index < -0.39 is 0 Å². The smallest absolute Gasteiger partial charge is 0.0580 e. The molecule has 2 aliphatic rings. The van der Waals surface area contributed by atoms with E-state index in [-0.39, 0.29) is 0 Å². The predicted molar refractivity (Wildman–Crippen MR) is 51.0 cm³/mol. The van der Waals surface area contributed by atoms with E-state index in [2.05, 4.69) is 31.2 Å². The lowest BCUT2D eigenvalue weighted by molar-refractivity contribution is 0.907. The largest absolute Gasteiger partial charge is 0.113 e. The Balaban J connectivity index is 2.09. The van der Waals surface area contributed by atoms with Gasteiger partial charge >= 0.3 is 0 Å². The number of allylic oxidation sites excluding steroid dienone is 4. The lowest BCUT2D eigenvalue weighted by Gasteiger charge is -2.01. The summed E-state index contributed by atoms with van der Waals surface area (Å²) in [5.41, 5.74) is 1.42. The summed E-state index contributed by atoms with van der Waals surface area (Å²) in [6, 6.07) is 0. The molecule has 0 fully saturated rings. The Hall–Kier alpha value is -0.430. The topological polar surface area (TPSA) is 0 Å². The van der Waals surface area contributed by atoms with Crippen LogP contribution in [0.4, 0.5) is 0 Å². The van der Waals surface area contributed by atoms with E-state index in [1.165, 1.54) is 28.6 Å². The summed E-state index contributed by atoms with van der Waals surface area (Å²) >= 11 is 1.93. The van der Waals surface area contributed by atoms with Gasteiger partial charge in [-0.05, 0) is 18.1 Å². The first kappa shape index (κ1) is 7.23. The fourth-order valence-corrected chi connectivity index (χ4v) is 2.51. The zero-order chi connectivity index (χ0) is 7.68. The molecule has 0 saturated carbocycles. The first-order valence-corrected chi connectivity index (χ1v) is 4.86. The standard InChI is InChI=1S/C10H11S/c1-2-4-9-7-8-5-3-6-10(8)11-9/h3,5-7H,2,4H2,1H3. The molecule has 57 valence electrons. The molecule has 0 amide bonds. The van der Waals surface area contributed by atoms with Gasteiger partial charge in [0.15, 0.2) is 0 Å². The molecule has 1 heterocycles. The van der Waals surface area contributed by atoms with Crippen molar-refractivity contribution in [2.45, 2.75) is 19.8 Å². The number of rotatable bonds is 2. The van der Waals surface area contributed by atoms with Crippen LogP contribution in [0.15, 0.2) is 34.8 Å². The van der Waals surface area contributed by atoms with Gasteiger partial charge in [0.25, 0.3) is 0 Å². The fourth-order valence-electron chi connectivity index (χ4n) is 1.34. The molecule has 0 bridgehead atoms. The van der Waals surface area contributed by atoms with Gasteiger partial charge in [-0.2, -0.15) is 0 Å². The number of hydrogen-bond donors (Lipinski definition) is 0. The highest BCUT2D eigenvalue weighted by Gasteiger charge is 2.21. The molecule has 0 spiro atoms. The Morgan fingerprint density at radius 2 is 2.36 bits per heavy atom. The quantitative estimate of drug-likeness (QED) is 0.601. The Bertz CT molecular complexity index is 246. The molecule has 2 rings (SSSR count). The molecular formula is C10H11S. The Morgan fingerprint density at radius 3 is 3.09 bits per heavy atom. The third-order valence-electron chi connectivity index (χ3n) is 1.86. The molecule has 11 heavy (non-hydrogen) atoms. The lowest BCUT2D eigenvalue weighted by atomic mass is 10.2. The Kier molecular flexibility index (Phi) is 1.91. The zero-order valence-corrected chi connectivity index (χ0v) is 7.45. The van der Waals surface area contributed by atoms with Crippen LogP contribution in [0.25, 0.3) is 0 Å². The summed E-state index contributed by atoms with van der Waals surface area (Å²) < 4.78 is 0. The predicted octanol–water partition coefficient (Wildman–Crippen LogP) is 3.45. The molecular weight excluding hydrogens is 152 g/mol. The minimum atomic E-state index is 1.24. The molecule has 0 N–H and O–H groups in total. The van der Waals surface area contributed by atoms with Gasteiger partial charge in [0, 0.05) is 4.91 Å². The average Bonchev–Trinajstić information content (AvgIpc) is 2.46. The molecule has 1 aliphatic carbocycles. The van der Waals surface area contributed by atoms with Crippen LogP contribution in [0.5, 0.6) is 0 Å². The van der Waals surface area contributed by atoms with Crippen molar-refractivity contribution in [1.29, 1.82) is 0 Å². The van der Waals surface area contributed by atoms with Crippen LogP contribution < -0.4 is 0 Å². The summed E-state index contributed by atoms with van der Waals surface area (Å²) in [5.74, 6) is 0. The number of fused-ring (bicyclic) bond motifs is 1. The molecule has 1 radical (unpaired) electrons. The van der Waals surface area contributed by atoms with Crippen LogP contribution in [0.2, 0.25) is 0 Å². The van der Waals surface area contributed by atoms with Gasteiger partial charge in [0.05, 0.1) is 5.25 Å². The second-order valence-electron chi connectivity index (χ2n) is 2.81. The highest BCUT2D eigenvalue weighted by atomic mass is 32.2. The molecule has 1 aliphatic heterocycles. The van der Waals surface area contributed by atoms with Crippen LogP contribution in [-0.2, 0) is 0 Å². The maximum absolute atomic E-state index is 2.31. The highest BCUT2D eigenvalue weighted by molar-refractivity contribution is 8.06. The molecule has 0 saturated heterocycles. The maximum Gasteiger partial charge on any atom is 0.0580 e. The van der Waals surface area contributed by atoms with Crippen molar-refractivity contribution >= 4 is 11.8 Å². The Labute approximate surface area is 72.1 Å². The van der Waals surface area contributed by atoms with Crippen molar-refractivity contribution in [3.05, 3.63) is 40.0 Å². The van der Waals surface area contributed by atoms with Gasteiger partial charge < -0.3 is 0 Å². The van der Waals surface area contributed by atoms with Gasteiger partial charge in [0.2, 0.25) is 0 Å². The minimum Gasteiger partial charge on any atom is -0.113 e. The van der Waals surface area contributed by atoms with Crippen molar-refractivity contribution in [2.24, 2.45) is 0 Å². The van der Waals surface area contributed by atoms with E-state index in [0.717, 1.165) is 0 Å². The molecule has 0 aromatic heterocycles. The second kappa shape index (κ2) is 2.90. The Morgan fingerprint density at radius 1 is 1.45 bits per heavy atom. The van der Waals surface area contributed by atoms with Crippen molar-refractivity contribution in [2.75, 3.05) is 0 Å². The van der Waals surface area contributed by atoms with E-state index in [1.807, 2.05) is 11.8 Å². The highest BCUT2D eigenvalue weighted by Crippen LogP contribution is 2.46. The second-order valence-corrected chi connectivity index (χ2v) is 3.98. The number of hydrogen-bond acceptors (Lipinski definition) is 1. The molecule has 0 unspecified atom stereocenters. The maximum atomic E-state index is 2.31. The summed E-state index contributed by atoms with van der Waals surface area (Å²) in [6.45, 7) is 2.23. The van der Waals surface area contributed by atoms with Crippen LogP contribution in [0.3, 0.4) is 0 Å². The van der Waals surface area contributed by atoms with Crippen molar-refractivity contribution < 1.29 is 0 Å². The third kappa shape index (κ3) is 1.30. The van der Waals surface area contributed by atoms with Crippen LogP contribution in [0, 0.1) is 5.25 Å². The minimum absolute atomic E-state index is 1.24. The summed E-state index contributed by atoms with van der Waals surface area (Å²) in [4.78, 5) is 1.44. The lowest BCUT2D eigenvalue weighted by Crippen LogP contribution is -1.80. The zero-order valence-electron chi connectivity index (χ0n) is 6.63. The van der Waals surface area contributed by atoms with E-state index in [1.54, 1.807) is 0 Å². The van der Waals surface area contributed by atoms with Gasteiger partial charge in [0.1, 0.15) is 0 Å². The van der Waals surface area contributed by atoms with E-state index >= 15 is 0 Å². The van der Waals surface area contributed by atoms with Crippen molar-refractivity contribution in [3.63, 3.8) is 0 Å². The molecule has 0 aromatic rings. The van der Waals surface area contributed by atoms with E-state index in [0.29, 0.717) is 0 Å². The summed E-state index contributed by atoms with van der Waals surface area (Å²) in [6.07, 6.45) is 11.3. The van der Waals surface area contributed by atoms with Gasteiger partial charge in [-0.3, -0.25) is 0 Å².